The van der Waals surface area contributed by atoms with Crippen LogP contribution >= 0.6 is 0 Å². The summed E-state index contributed by atoms with van der Waals surface area (Å²) in [5, 5.41) is 5.94. The van der Waals surface area contributed by atoms with Crippen LogP contribution in [0.3, 0.4) is 0 Å². The smallest absolute Gasteiger partial charge is 0.252 e. The molecule has 2 aromatic heterocycles. The van der Waals surface area contributed by atoms with Gasteiger partial charge in [-0.3, -0.25) is 9.78 Å². The van der Waals surface area contributed by atoms with E-state index in [0.717, 1.165) is 6.07 Å². The highest BCUT2D eigenvalue weighted by molar-refractivity contribution is 5.98. The van der Waals surface area contributed by atoms with E-state index < -0.39 is 17.5 Å². The lowest BCUT2D eigenvalue weighted by Crippen LogP contribution is -2.31. The van der Waals surface area contributed by atoms with E-state index in [1.165, 1.54) is 25.6 Å². The van der Waals surface area contributed by atoms with Gasteiger partial charge < -0.3 is 26.8 Å². The Morgan fingerprint density at radius 2 is 1.88 bits per heavy atom. The molecule has 34 heavy (non-hydrogen) atoms. The van der Waals surface area contributed by atoms with Crippen molar-refractivity contribution in [3.8, 4) is 16.9 Å². The van der Waals surface area contributed by atoms with Crippen molar-refractivity contribution in [3.05, 3.63) is 59.9 Å². The molecule has 10 heteroatoms. The maximum Gasteiger partial charge on any atom is 0.252 e. The summed E-state index contributed by atoms with van der Waals surface area (Å²) < 4.78 is 34.3. The molecule has 0 aliphatic carbocycles. The number of aromatic nitrogens is 2. The molecule has 0 aliphatic rings. The van der Waals surface area contributed by atoms with Crippen molar-refractivity contribution in [1.82, 2.24) is 9.97 Å². The molecule has 8 nitrogen and oxygen atoms in total. The number of anilines is 3. The van der Waals surface area contributed by atoms with Crippen LogP contribution in [0.2, 0.25) is 0 Å². The first-order valence-electron chi connectivity index (χ1n) is 10.7. The zero-order chi connectivity index (χ0) is 24.8. The molecule has 3 rings (SSSR count). The molecule has 3 aromatic rings. The van der Waals surface area contributed by atoms with Crippen molar-refractivity contribution >= 4 is 23.2 Å². The van der Waals surface area contributed by atoms with Crippen LogP contribution in [-0.4, -0.2) is 35.6 Å². The maximum absolute atomic E-state index is 14.7. The Morgan fingerprint density at radius 1 is 1.12 bits per heavy atom. The number of nitrogens with one attached hydrogen (secondary N) is 2. The second kappa shape index (κ2) is 10.9. The van der Waals surface area contributed by atoms with Gasteiger partial charge in [0.05, 0.1) is 24.6 Å². The van der Waals surface area contributed by atoms with Crippen molar-refractivity contribution in [2.45, 2.75) is 26.3 Å². The SMILES string of the molecule is COc1ccc(-c2cncc(Nc3nc(N[C@@H](CN)CC(C)C)c(F)cc3C(N)=O)c2)c(F)c1. The Morgan fingerprint density at radius 3 is 2.50 bits per heavy atom. The molecule has 0 fully saturated rings. The van der Waals surface area contributed by atoms with Crippen LogP contribution < -0.4 is 26.8 Å². The number of primary amides is 1. The van der Waals surface area contributed by atoms with E-state index >= 15 is 0 Å². The molecule has 0 saturated heterocycles. The minimum absolute atomic E-state index is 0.0332. The standard InChI is InChI=1S/C24H28F2N6O2/c1-13(2)6-15(10-27)30-24-21(26)9-19(22(28)33)23(32-24)31-16-7-14(11-29-12-16)18-5-4-17(34-3)8-20(18)25/h4-5,7-9,11-13,15H,6,10,27H2,1-3H3,(H2,28,33)(H2,30,31,32)/t15-/m1/s1. The Hall–Kier alpha value is -3.79. The van der Waals surface area contributed by atoms with E-state index in [0.29, 0.717) is 34.9 Å². The number of carbonyl (C=O) groups is 1. The van der Waals surface area contributed by atoms with E-state index in [1.54, 1.807) is 18.2 Å². The van der Waals surface area contributed by atoms with Gasteiger partial charge >= 0.3 is 0 Å². The summed E-state index contributed by atoms with van der Waals surface area (Å²) in [5.74, 6) is -1.38. The number of amides is 1. The Bertz CT molecular complexity index is 1170. The van der Waals surface area contributed by atoms with Crippen molar-refractivity contribution in [2.75, 3.05) is 24.3 Å². The number of ether oxygens (including phenoxy) is 1. The van der Waals surface area contributed by atoms with E-state index in [1.807, 2.05) is 13.8 Å². The van der Waals surface area contributed by atoms with Crippen LogP contribution in [-0.2, 0) is 0 Å². The van der Waals surface area contributed by atoms with E-state index in [4.69, 9.17) is 16.2 Å². The summed E-state index contributed by atoms with van der Waals surface area (Å²) in [6.45, 7) is 4.34. The van der Waals surface area contributed by atoms with Crippen LogP contribution in [0.5, 0.6) is 5.75 Å². The zero-order valence-electron chi connectivity index (χ0n) is 19.2. The van der Waals surface area contributed by atoms with Gasteiger partial charge in [0, 0.05) is 36.0 Å². The molecule has 0 saturated carbocycles. The lowest BCUT2D eigenvalue weighted by molar-refractivity contribution is 0.100. The predicted molar refractivity (Wildman–Crippen MR) is 128 cm³/mol. The van der Waals surface area contributed by atoms with Crippen LogP contribution in [0.4, 0.5) is 26.1 Å². The number of nitrogens with zero attached hydrogens (tertiary/aromatic N) is 2. The van der Waals surface area contributed by atoms with Gasteiger partial charge in [-0.15, -0.1) is 0 Å². The number of halogens is 2. The number of hydrogen-bond donors (Lipinski definition) is 4. The maximum atomic E-state index is 14.7. The molecular weight excluding hydrogens is 442 g/mol. The number of carbonyl (C=O) groups excluding carboxylic acids is 1. The van der Waals surface area contributed by atoms with E-state index in [2.05, 4.69) is 20.6 Å². The van der Waals surface area contributed by atoms with Gasteiger partial charge in [0.1, 0.15) is 17.4 Å². The average molecular weight is 471 g/mol. The second-order valence-electron chi connectivity index (χ2n) is 8.22. The van der Waals surface area contributed by atoms with Gasteiger partial charge in [-0.2, -0.15) is 0 Å². The molecule has 6 N–H and O–H groups in total. The molecular formula is C24H28F2N6O2. The fraction of sp³-hybridized carbons (Fsp3) is 0.292. The average Bonchev–Trinajstić information content (AvgIpc) is 2.80. The molecule has 1 amide bonds. The van der Waals surface area contributed by atoms with Crippen molar-refractivity contribution in [3.63, 3.8) is 0 Å². The summed E-state index contributed by atoms with van der Waals surface area (Å²) in [6.07, 6.45) is 3.67. The van der Waals surface area contributed by atoms with Crippen LogP contribution in [0.25, 0.3) is 11.1 Å². The first kappa shape index (κ1) is 24.8. The number of pyridine rings is 2. The predicted octanol–water partition coefficient (Wildman–Crippen LogP) is 4.06. The third-order valence-corrected chi connectivity index (χ3v) is 5.11. The second-order valence-corrected chi connectivity index (χ2v) is 8.22. The van der Waals surface area contributed by atoms with Gasteiger partial charge in [-0.05, 0) is 36.6 Å². The molecule has 1 atom stereocenters. The van der Waals surface area contributed by atoms with Crippen LogP contribution in [0.15, 0.2) is 42.7 Å². The van der Waals surface area contributed by atoms with Crippen LogP contribution in [0, 0.1) is 17.6 Å². The molecule has 0 unspecified atom stereocenters. The number of benzene rings is 1. The molecule has 0 radical (unpaired) electrons. The van der Waals surface area contributed by atoms with Crippen LogP contribution in [0.1, 0.15) is 30.6 Å². The highest BCUT2D eigenvalue weighted by Gasteiger charge is 2.19. The number of hydrogen-bond acceptors (Lipinski definition) is 7. The lowest BCUT2D eigenvalue weighted by Gasteiger charge is -2.21. The Kier molecular flexibility index (Phi) is 7.95. The highest BCUT2D eigenvalue weighted by atomic mass is 19.1. The number of methoxy groups -OCH3 is 1. The summed E-state index contributed by atoms with van der Waals surface area (Å²) in [5.41, 5.74) is 12.3. The molecule has 1 aromatic carbocycles. The molecule has 0 spiro atoms. The minimum Gasteiger partial charge on any atom is -0.497 e. The van der Waals surface area contributed by atoms with Gasteiger partial charge in [0.2, 0.25) is 0 Å². The molecule has 0 bridgehead atoms. The monoisotopic (exact) mass is 470 g/mol. The molecule has 0 aliphatic heterocycles. The summed E-state index contributed by atoms with van der Waals surface area (Å²) in [7, 11) is 1.45. The third-order valence-electron chi connectivity index (χ3n) is 5.11. The van der Waals surface area contributed by atoms with Gasteiger partial charge in [0.15, 0.2) is 11.6 Å². The van der Waals surface area contributed by atoms with Crippen molar-refractivity contribution in [1.29, 1.82) is 0 Å². The van der Waals surface area contributed by atoms with Crippen molar-refractivity contribution in [2.24, 2.45) is 17.4 Å². The van der Waals surface area contributed by atoms with E-state index in [-0.39, 0.29) is 29.8 Å². The van der Waals surface area contributed by atoms with Gasteiger partial charge in [-0.1, -0.05) is 13.8 Å². The number of nitrogens with two attached hydrogens (primary N) is 2. The fourth-order valence-corrected chi connectivity index (χ4v) is 3.50. The normalized spacial score (nSPS) is 11.9. The lowest BCUT2D eigenvalue weighted by atomic mass is 10.0. The van der Waals surface area contributed by atoms with E-state index in [9.17, 15) is 13.6 Å². The fourth-order valence-electron chi connectivity index (χ4n) is 3.50. The summed E-state index contributed by atoms with van der Waals surface area (Å²) in [4.78, 5) is 20.3. The number of rotatable bonds is 10. The first-order chi connectivity index (χ1) is 16.2. The molecule has 2 heterocycles. The zero-order valence-corrected chi connectivity index (χ0v) is 19.2. The highest BCUT2D eigenvalue weighted by Crippen LogP contribution is 2.29. The third kappa shape index (κ3) is 5.96. The largest absolute Gasteiger partial charge is 0.497 e. The van der Waals surface area contributed by atoms with Gasteiger partial charge in [-0.25, -0.2) is 13.8 Å². The summed E-state index contributed by atoms with van der Waals surface area (Å²) in [6, 6.07) is 6.91. The molecule has 180 valence electrons. The van der Waals surface area contributed by atoms with Gasteiger partial charge in [0.25, 0.3) is 5.91 Å². The Balaban J connectivity index is 1.95. The summed E-state index contributed by atoms with van der Waals surface area (Å²) >= 11 is 0. The van der Waals surface area contributed by atoms with Crippen molar-refractivity contribution < 1.29 is 18.3 Å². The minimum atomic E-state index is -0.858. The topological polar surface area (TPSA) is 128 Å². The first-order valence-corrected chi connectivity index (χ1v) is 10.7. The quantitative estimate of drug-likeness (QED) is 0.352. The Labute approximate surface area is 196 Å².